The van der Waals surface area contributed by atoms with Crippen LogP contribution in [-0.4, -0.2) is 11.9 Å². The van der Waals surface area contributed by atoms with Gasteiger partial charge in [-0.15, -0.1) is 0 Å². The van der Waals surface area contributed by atoms with Crippen LogP contribution >= 0.6 is 0 Å². The van der Waals surface area contributed by atoms with Gasteiger partial charge < -0.3 is 11.1 Å². The molecule has 1 saturated carbocycles. The molecule has 1 aromatic rings. The van der Waals surface area contributed by atoms with Gasteiger partial charge in [0.1, 0.15) is 0 Å². The van der Waals surface area contributed by atoms with E-state index in [0.717, 1.165) is 5.56 Å². The first-order valence-corrected chi connectivity index (χ1v) is 5.79. The molecule has 1 aliphatic carbocycles. The zero-order chi connectivity index (χ0) is 11.5. The van der Waals surface area contributed by atoms with Crippen molar-refractivity contribution in [1.82, 2.24) is 5.32 Å². The Bertz CT molecular complexity index is 385. The topological polar surface area (TPSA) is 55.1 Å². The molecular weight excluding hydrogens is 200 g/mol. The number of nitrogens with one attached hydrogen (secondary N) is 1. The summed E-state index contributed by atoms with van der Waals surface area (Å²) in [5.41, 5.74) is 7.34. The van der Waals surface area contributed by atoms with E-state index in [0.29, 0.717) is 24.1 Å². The number of hydrogen-bond acceptors (Lipinski definition) is 2. The fourth-order valence-electron chi connectivity index (χ4n) is 1.91. The zero-order valence-corrected chi connectivity index (χ0v) is 9.57. The number of carbonyl (C=O) groups excluding carboxylic acids is 1. The van der Waals surface area contributed by atoms with Crippen molar-refractivity contribution in [3.63, 3.8) is 0 Å². The summed E-state index contributed by atoms with van der Waals surface area (Å²) in [6.07, 6.45) is 2.92. The van der Waals surface area contributed by atoms with Crippen molar-refractivity contribution in [2.24, 2.45) is 5.92 Å². The minimum absolute atomic E-state index is 0.0880. The SMILES string of the molecule is CC(NC(=O)Cc1cccc(N)c1)C1CC1. The normalized spacial score (nSPS) is 16.8. The van der Waals surface area contributed by atoms with E-state index in [1.807, 2.05) is 24.3 Å². The van der Waals surface area contributed by atoms with Crippen LogP contribution in [0.25, 0.3) is 0 Å². The standard InChI is InChI=1S/C13H18N2O/c1-9(11-5-6-11)15-13(16)8-10-3-2-4-12(14)7-10/h2-4,7,9,11H,5-6,8,14H2,1H3,(H,15,16). The largest absolute Gasteiger partial charge is 0.399 e. The van der Waals surface area contributed by atoms with Gasteiger partial charge in [-0.05, 0) is 43.4 Å². The van der Waals surface area contributed by atoms with Crippen molar-refractivity contribution in [1.29, 1.82) is 0 Å². The molecule has 1 amide bonds. The number of amides is 1. The minimum atomic E-state index is 0.0880. The van der Waals surface area contributed by atoms with Crippen molar-refractivity contribution in [3.8, 4) is 0 Å². The Morgan fingerprint density at radius 1 is 1.56 bits per heavy atom. The molecule has 3 heteroatoms. The van der Waals surface area contributed by atoms with Gasteiger partial charge in [0.2, 0.25) is 5.91 Å². The summed E-state index contributed by atoms with van der Waals surface area (Å²) < 4.78 is 0. The van der Waals surface area contributed by atoms with Crippen molar-refractivity contribution < 1.29 is 4.79 Å². The van der Waals surface area contributed by atoms with Crippen LogP contribution in [0.15, 0.2) is 24.3 Å². The monoisotopic (exact) mass is 218 g/mol. The van der Waals surface area contributed by atoms with Crippen molar-refractivity contribution in [3.05, 3.63) is 29.8 Å². The van der Waals surface area contributed by atoms with Gasteiger partial charge in [-0.25, -0.2) is 0 Å². The first kappa shape index (κ1) is 11.0. The van der Waals surface area contributed by atoms with Crippen LogP contribution in [0.3, 0.4) is 0 Å². The van der Waals surface area contributed by atoms with Crippen molar-refractivity contribution in [2.75, 3.05) is 5.73 Å². The number of hydrogen-bond donors (Lipinski definition) is 2. The third-order valence-electron chi connectivity index (χ3n) is 3.03. The lowest BCUT2D eigenvalue weighted by atomic mass is 10.1. The van der Waals surface area contributed by atoms with Crippen LogP contribution in [0, 0.1) is 5.92 Å². The Morgan fingerprint density at radius 3 is 2.94 bits per heavy atom. The van der Waals surface area contributed by atoms with Gasteiger partial charge in [-0.2, -0.15) is 0 Å². The molecule has 1 unspecified atom stereocenters. The first-order valence-electron chi connectivity index (χ1n) is 5.79. The molecule has 16 heavy (non-hydrogen) atoms. The molecule has 0 aliphatic heterocycles. The molecule has 1 fully saturated rings. The first-order chi connectivity index (χ1) is 7.65. The maximum absolute atomic E-state index is 11.7. The zero-order valence-electron chi connectivity index (χ0n) is 9.57. The number of nitrogen functional groups attached to an aromatic ring is 1. The lowest BCUT2D eigenvalue weighted by molar-refractivity contribution is -0.121. The molecule has 86 valence electrons. The van der Waals surface area contributed by atoms with Crippen LogP contribution in [0.4, 0.5) is 5.69 Å². The molecule has 1 aliphatic rings. The average Bonchev–Trinajstić information content (AvgIpc) is 2.99. The van der Waals surface area contributed by atoms with Crippen LogP contribution in [-0.2, 0) is 11.2 Å². The van der Waals surface area contributed by atoms with E-state index >= 15 is 0 Å². The Morgan fingerprint density at radius 2 is 2.31 bits per heavy atom. The molecule has 3 N–H and O–H groups in total. The summed E-state index contributed by atoms with van der Waals surface area (Å²) in [5, 5.41) is 3.03. The highest BCUT2D eigenvalue weighted by atomic mass is 16.1. The van der Waals surface area contributed by atoms with Crippen LogP contribution in [0.1, 0.15) is 25.3 Å². The lowest BCUT2D eigenvalue weighted by Crippen LogP contribution is -2.35. The second-order valence-corrected chi connectivity index (χ2v) is 4.62. The molecule has 0 bridgehead atoms. The van der Waals surface area contributed by atoms with Gasteiger partial charge in [0.05, 0.1) is 6.42 Å². The van der Waals surface area contributed by atoms with E-state index in [1.54, 1.807) is 0 Å². The predicted octanol–water partition coefficient (Wildman–Crippen LogP) is 1.73. The highest BCUT2D eigenvalue weighted by molar-refractivity contribution is 5.79. The molecule has 0 aromatic heterocycles. The van der Waals surface area contributed by atoms with E-state index < -0.39 is 0 Å². The minimum Gasteiger partial charge on any atom is -0.399 e. The van der Waals surface area contributed by atoms with Gasteiger partial charge in [0.15, 0.2) is 0 Å². The maximum Gasteiger partial charge on any atom is 0.224 e. The molecule has 0 heterocycles. The summed E-state index contributed by atoms with van der Waals surface area (Å²) in [4.78, 5) is 11.7. The number of anilines is 1. The fourth-order valence-corrected chi connectivity index (χ4v) is 1.91. The summed E-state index contributed by atoms with van der Waals surface area (Å²) in [6, 6.07) is 7.80. The smallest absolute Gasteiger partial charge is 0.224 e. The summed E-state index contributed by atoms with van der Waals surface area (Å²) >= 11 is 0. The molecule has 0 radical (unpaired) electrons. The quantitative estimate of drug-likeness (QED) is 0.756. The molecule has 2 rings (SSSR count). The second kappa shape index (κ2) is 4.56. The fraction of sp³-hybridized carbons (Fsp3) is 0.462. The third kappa shape index (κ3) is 2.99. The highest BCUT2D eigenvalue weighted by Crippen LogP contribution is 2.32. The van der Waals surface area contributed by atoms with Crippen LogP contribution in [0.2, 0.25) is 0 Å². The van der Waals surface area contributed by atoms with E-state index in [9.17, 15) is 4.79 Å². The molecule has 0 spiro atoms. The van der Waals surface area contributed by atoms with Gasteiger partial charge in [-0.3, -0.25) is 4.79 Å². The van der Waals surface area contributed by atoms with Gasteiger partial charge in [0, 0.05) is 11.7 Å². The van der Waals surface area contributed by atoms with Gasteiger partial charge in [-0.1, -0.05) is 12.1 Å². The predicted molar refractivity (Wildman–Crippen MR) is 64.9 cm³/mol. The molecule has 1 atom stereocenters. The van der Waals surface area contributed by atoms with E-state index in [-0.39, 0.29) is 5.91 Å². The number of benzene rings is 1. The lowest BCUT2D eigenvalue weighted by Gasteiger charge is -2.12. The molecule has 0 saturated heterocycles. The Hall–Kier alpha value is -1.51. The Balaban J connectivity index is 1.86. The van der Waals surface area contributed by atoms with E-state index in [4.69, 9.17) is 5.73 Å². The number of carbonyl (C=O) groups is 1. The third-order valence-corrected chi connectivity index (χ3v) is 3.03. The summed E-state index contributed by atoms with van der Waals surface area (Å²) in [6.45, 7) is 2.08. The Kier molecular flexibility index (Phi) is 3.13. The van der Waals surface area contributed by atoms with E-state index in [1.165, 1.54) is 12.8 Å². The van der Waals surface area contributed by atoms with Gasteiger partial charge >= 0.3 is 0 Å². The summed E-state index contributed by atoms with van der Waals surface area (Å²) in [7, 11) is 0. The highest BCUT2D eigenvalue weighted by Gasteiger charge is 2.28. The van der Waals surface area contributed by atoms with Crippen molar-refractivity contribution >= 4 is 11.6 Å². The van der Waals surface area contributed by atoms with Crippen LogP contribution < -0.4 is 11.1 Å². The molecule has 3 nitrogen and oxygen atoms in total. The summed E-state index contributed by atoms with van der Waals surface area (Å²) in [5.74, 6) is 0.787. The average molecular weight is 218 g/mol. The maximum atomic E-state index is 11.7. The molecular formula is C13H18N2O. The van der Waals surface area contributed by atoms with E-state index in [2.05, 4.69) is 12.2 Å². The Labute approximate surface area is 96.0 Å². The number of rotatable bonds is 4. The number of nitrogens with two attached hydrogens (primary N) is 1. The van der Waals surface area contributed by atoms with Crippen LogP contribution in [0.5, 0.6) is 0 Å². The molecule has 1 aromatic carbocycles. The van der Waals surface area contributed by atoms with Gasteiger partial charge in [0.25, 0.3) is 0 Å². The van der Waals surface area contributed by atoms with Crippen molar-refractivity contribution in [2.45, 2.75) is 32.2 Å². The second-order valence-electron chi connectivity index (χ2n) is 4.62.